The fraction of sp³-hybridized carbons (Fsp3) is 0.381. The zero-order valence-corrected chi connectivity index (χ0v) is 17.8. The van der Waals surface area contributed by atoms with Crippen molar-refractivity contribution in [3.63, 3.8) is 0 Å². The number of amides is 1. The number of halogens is 2. The second-order valence-electron chi connectivity index (χ2n) is 7.30. The van der Waals surface area contributed by atoms with Crippen LogP contribution in [0.25, 0.3) is 0 Å². The number of benzene rings is 2. The normalized spacial score (nSPS) is 15.1. The van der Waals surface area contributed by atoms with Gasteiger partial charge in [-0.3, -0.25) is 9.10 Å². The molecule has 1 fully saturated rings. The lowest BCUT2D eigenvalue weighted by molar-refractivity contribution is 0.0943. The molecule has 1 saturated carbocycles. The molecule has 0 radical (unpaired) electrons. The highest BCUT2D eigenvalue weighted by Gasteiger charge is 2.24. The lowest BCUT2D eigenvalue weighted by atomic mass is 9.89. The summed E-state index contributed by atoms with van der Waals surface area (Å²) in [5.74, 6) is -0.395. The van der Waals surface area contributed by atoms with Crippen molar-refractivity contribution < 1.29 is 17.6 Å². The van der Waals surface area contributed by atoms with Crippen LogP contribution in [0, 0.1) is 11.7 Å². The Kier molecular flexibility index (Phi) is 6.80. The fourth-order valence-corrected chi connectivity index (χ4v) is 4.94. The standard InChI is InChI=1S/C21H24ClFN2O3S/c1-25(17-9-7-16(23)8-10-17)29(27,28)18-11-12-20(22)19(13-18)21(26)24-14-15-5-3-2-4-6-15/h7-13,15H,2-6,14H2,1H3,(H,24,26). The van der Waals surface area contributed by atoms with E-state index in [0.717, 1.165) is 17.1 Å². The topological polar surface area (TPSA) is 66.5 Å². The van der Waals surface area contributed by atoms with Gasteiger partial charge in [0.25, 0.3) is 15.9 Å². The van der Waals surface area contributed by atoms with Crippen LogP contribution >= 0.6 is 11.6 Å². The van der Waals surface area contributed by atoms with E-state index in [0.29, 0.717) is 18.2 Å². The molecule has 0 aliphatic heterocycles. The summed E-state index contributed by atoms with van der Waals surface area (Å²) in [7, 11) is -2.57. The van der Waals surface area contributed by atoms with E-state index >= 15 is 0 Å². The Hall–Kier alpha value is -2.12. The average Bonchev–Trinajstić information content (AvgIpc) is 2.73. The summed E-state index contributed by atoms with van der Waals surface area (Å²) in [6.07, 6.45) is 5.75. The molecule has 5 nitrogen and oxygen atoms in total. The van der Waals surface area contributed by atoms with Gasteiger partial charge in [0.05, 0.1) is 21.2 Å². The molecular weight excluding hydrogens is 415 g/mol. The van der Waals surface area contributed by atoms with Crippen LogP contribution in [0.2, 0.25) is 5.02 Å². The Balaban J connectivity index is 1.79. The van der Waals surface area contributed by atoms with Gasteiger partial charge in [-0.05, 0) is 61.2 Å². The third-order valence-electron chi connectivity index (χ3n) is 5.31. The predicted octanol–water partition coefficient (Wildman–Crippen LogP) is 4.61. The Morgan fingerprint density at radius 3 is 2.45 bits per heavy atom. The predicted molar refractivity (Wildman–Crippen MR) is 112 cm³/mol. The molecule has 156 valence electrons. The van der Waals surface area contributed by atoms with Crippen molar-refractivity contribution in [2.24, 2.45) is 5.92 Å². The molecule has 0 bridgehead atoms. The van der Waals surface area contributed by atoms with Gasteiger partial charge >= 0.3 is 0 Å². The summed E-state index contributed by atoms with van der Waals surface area (Å²) in [6, 6.07) is 9.17. The molecular formula is C21H24ClFN2O3S. The maximum Gasteiger partial charge on any atom is 0.264 e. The molecule has 1 aliphatic carbocycles. The van der Waals surface area contributed by atoms with E-state index < -0.39 is 15.8 Å². The maximum absolute atomic E-state index is 13.1. The van der Waals surface area contributed by atoms with E-state index in [9.17, 15) is 17.6 Å². The van der Waals surface area contributed by atoms with Crippen LogP contribution in [0.5, 0.6) is 0 Å². The number of carbonyl (C=O) groups is 1. The highest BCUT2D eigenvalue weighted by Crippen LogP contribution is 2.27. The zero-order chi connectivity index (χ0) is 21.0. The van der Waals surface area contributed by atoms with Gasteiger partial charge in [0.1, 0.15) is 5.82 Å². The van der Waals surface area contributed by atoms with Crippen LogP contribution in [-0.4, -0.2) is 27.9 Å². The van der Waals surface area contributed by atoms with Crippen molar-refractivity contribution in [2.75, 3.05) is 17.9 Å². The van der Waals surface area contributed by atoms with Crippen LogP contribution in [-0.2, 0) is 10.0 Å². The van der Waals surface area contributed by atoms with Crippen LogP contribution in [0.4, 0.5) is 10.1 Å². The summed E-state index contributed by atoms with van der Waals surface area (Å²) in [5.41, 5.74) is 0.431. The Bertz CT molecular complexity index is 974. The minimum Gasteiger partial charge on any atom is -0.352 e. The maximum atomic E-state index is 13.1. The Morgan fingerprint density at radius 1 is 1.14 bits per heavy atom. The summed E-state index contributed by atoms with van der Waals surface area (Å²) >= 11 is 6.17. The van der Waals surface area contributed by atoms with Crippen molar-refractivity contribution in [3.8, 4) is 0 Å². The van der Waals surface area contributed by atoms with Crippen LogP contribution in [0.3, 0.4) is 0 Å². The molecule has 0 atom stereocenters. The summed E-state index contributed by atoms with van der Waals surface area (Å²) < 4.78 is 40.1. The molecule has 2 aromatic rings. The third kappa shape index (κ3) is 5.08. The smallest absolute Gasteiger partial charge is 0.264 e. The van der Waals surface area contributed by atoms with E-state index in [1.165, 1.54) is 68.8 Å². The van der Waals surface area contributed by atoms with Crippen LogP contribution in [0.15, 0.2) is 47.4 Å². The van der Waals surface area contributed by atoms with Gasteiger partial charge < -0.3 is 5.32 Å². The van der Waals surface area contributed by atoms with Gasteiger partial charge in [-0.1, -0.05) is 30.9 Å². The first kappa shape index (κ1) is 21.6. The van der Waals surface area contributed by atoms with Crippen LogP contribution in [0.1, 0.15) is 42.5 Å². The number of hydrogen-bond acceptors (Lipinski definition) is 3. The van der Waals surface area contributed by atoms with Gasteiger partial charge in [0, 0.05) is 13.6 Å². The molecule has 8 heteroatoms. The number of hydrogen-bond donors (Lipinski definition) is 1. The molecule has 0 unspecified atom stereocenters. The molecule has 1 amide bonds. The first-order chi connectivity index (χ1) is 13.8. The Morgan fingerprint density at radius 2 is 1.79 bits per heavy atom. The number of rotatable bonds is 6. The van der Waals surface area contributed by atoms with Gasteiger partial charge in [0.2, 0.25) is 0 Å². The number of sulfonamides is 1. The second kappa shape index (κ2) is 9.13. The van der Waals surface area contributed by atoms with Gasteiger partial charge in [-0.25, -0.2) is 12.8 Å². The van der Waals surface area contributed by atoms with E-state index in [2.05, 4.69) is 5.32 Å². The molecule has 29 heavy (non-hydrogen) atoms. The molecule has 0 spiro atoms. The highest BCUT2D eigenvalue weighted by molar-refractivity contribution is 7.92. The summed E-state index contributed by atoms with van der Waals surface area (Å²) in [4.78, 5) is 12.6. The SMILES string of the molecule is CN(c1ccc(F)cc1)S(=O)(=O)c1ccc(Cl)c(C(=O)NCC2CCCCC2)c1. The number of nitrogens with one attached hydrogen (secondary N) is 1. The van der Waals surface area contributed by atoms with Crippen molar-refractivity contribution in [1.29, 1.82) is 0 Å². The quantitative estimate of drug-likeness (QED) is 0.715. The molecule has 0 heterocycles. The highest BCUT2D eigenvalue weighted by atomic mass is 35.5. The lowest BCUT2D eigenvalue weighted by Crippen LogP contribution is -2.31. The summed E-state index contributed by atoms with van der Waals surface area (Å²) in [6.45, 7) is 0.557. The molecule has 0 saturated heterocycles. The molecule has 2 aromatic carbocycles. The van der Waals surface area contributed by atoms with E-state index in [1.807, 2.05) is 0 Å². The Labute approximate surface area is 175 Å². The van der Waals surface area contributed by atoms with Crippen molar-refractivity contribution in [2.45, 2.75) is 37.0 Å². The minimum absolute atomic E-state index is 0.0588. The van der Waals surface area contributed by atoms with Gasteiger partial charge in [-0.15, -0.1) is 0 Å². The van der Waals surface area contributed by atoms with Crippen LogP contribution < -0.4 is 9.62 Å². The van der Waals surface area contributed by atoms with E-state index in [1.54, 1.807) is 0 Å². The zero-order valence-electron chi connectivity index (χ0n) is 16.2. The largest absolute Gasteiger partial charge is 0.352 e. The van der Waals surface area contributed by atoms with E-state index in [-0.39, 0.29) is 21.4 Å². The molecule has 3 rings (SSSR count). The lowest BCUT2D eigenvalue weighted by Gasteiger charge is -2.22. The van der Waals surface area contributed by atoms with Gasteiger partial charge in [-0.2, -0.15) is 0 Å². The first-order valence-electron chi connectivity index (χ1n) is 9.61. The second-order valence-corrected chi connectivity index (χ2v) is 9.68. The molecule has 1 N–H and O–H groups in total. The molecule has 1 aliphatic rings. The van der Waals surface area contributed by atoms with E-state index in [4.69, 9.17) is 11.6 Å². The minimum atomic E-state index is -3.94. The number of anilines is 1. The van der Waals surface area contributed by atoms with Crippen molar-refractivity contribution in [3.05, 3.63) is 58.9 Å². The fourth-order valence-electron chi connectivity index (χ4n) is 3.51. The van der Waals surface area contributed by atoms with Gasteiger partial charge in [0.15, 0.2) is 0 Å². The number of carbonyl (C=O) groups excluding carboxylic acids is 1. The average molecular weight is 439 g/mol. The van der Waals surface area contributed by atoms with Crippen molar-refractivity contribution in [1.82, 2.24) is 5.32 Å². The molecule has 0 aromatic heterocycles. The van der Waals surface area contributed by atoms with Crippen molar-refractivity contribution >= 4 is 33.2 Å². The first-order valence-corrected chi connectivity index (χ1v) is 11.4. The summed E-state index contributed by atoms with van der Waals surface area (Å²) in [5, 5.41) is 3.07. The number of nitrogens with zero attached hydrogens (tertiary/aromatic N) is 1. The monoisotopic (exact) mass is 438 g/mol. The third-order valence-corrected chi connectivity index (χ3v) is 7.42.